The van der Waals surface area contributed by atoms with Crippen LogP contribution in [-0.4, -0.2) is 42.1 Å². The van der Waals surface area contributed by atoms with Crippen molar-refractivity contribution in [3.63, 3.8) is 0 Å². The van der Waals surface area contributed by atoms with Crippen LogP contribution in [0.25, 0.3) is 0 Å². The van der Waals surface area contributed by atoms with Gasteiger partial charge < -0.3 is 16.4 Å². The number of guanidine groups is 1. The van der Waals surface area contributed by atoms with Crippen LogP contribution >= 0.6 is 0 Å². The molecule has 10 heteroatoms. The first-order chi connectivity index (χ1) is 15.4. The van der Waals surface area contributed by atoms with E-state index in [2.05, 4.69) is 15.2 Å². The van der Waals surface area contributed by atoms with E-state index in [-0.39, 0.29) is 23.4 Å². The second-order valence-electron chi connectivity index (χ2n) is 8.02. The summed E-state index contributed by atoms with van der Waals surface area (Å²) >= 11 is 0. The molecule has 2 atom stereocenters. The Bertz CT molecular complexity index is 1280. The fourth-order valence-electron chi connectivity index (χ4n) is 4.45. The Morgan fingerprint density at radius 1 is 1.16 bits per heavy atom. The van der Waals surface area contributed by atoms with Crippen molar-refractivity contribution in [2.75, 3.05) is 10.8 Å². The van der Waals surface area contributed by atoms with E-state index >= 15 is 0 Å². The van der Waals surface area contributed by atoms with Crippen molar-refractivity contribution in [1.82, 2.24) is 15.1 Å². The molecule has 5 N–H and O–H groups in total. The maximum atomic E-state index is 13.7. The number of nitrogens with two attached hydrogens (primary N) is 2. The number of fused-ring (bicyclic) bond motifs is 2. The normalized spacial score (nSPS) is 20.5. The zero-order chi connectivity index (χ0) is 22.5. The van der Waals surface area contributed by atoms with E-state index in [1.165, 1.54) is 4.31 Å². The van der Waals surface area contributed by atoms with Crippen LogP contribution in [0.1, 0.15) is 29.8 Å². The molecule has 5 rings (SSSR count). The molecule has 9 nitrogen and oxygen atoms in total. The summed E-state index contributed by atoms with van der Waals surface area (Å²) in [5.41, 5.74) is 16.2. The van der Waals surface area contributed by atoms with Crippen molar-refractivity contribution in [1.29, 1.82) is 0 Å². The molecule has 0 saturated heterocycles. The van der Waals surface area contributed by atoms with Crippen LogP contribution < -0.4 is 15.8 Å². The molecule has 32 heavy (non-hydrogen) atoms. The van der Waals surface area contributed by atoms with Crippen molar-refractivity contribution >= 4 is 27.5 Å². The van der Waals surface area contributed by atoms with Crippen molar-refractivity contribution in [3.05, 3.63) is 71.4 Å². The molecule has 2 aliphatic rings. The summed E-state index contributed by atoms with van der Waals surface area (Å²) in [6.45, 7) is 2.24. The Kier molecular flexibility index (Phi) is 4.90. The Labute approximate surface area is 186 Å². The maximum Gasteiger partial charge on any atom is 0.264 e. The summed E-state index contributed by atoms with van der Waals surface area (Å²) < 4.78 is 28.9. The number of aryl methyl sites for hydroxylation is 1. The quantitative estimate of drug-likeness (QED) is 0.556. The number of para-hydroxylation sites is 1. The topological polar surface area (TPSA) is 134 Å². The third-order valence-electron chi connectivity index (χ3n) is 6.16. The van der Waals surface area contributed by atoms with E-state index in [0.717, 1.165) is 23.1 Å². The van der Waals surface area contributed by atoms with Gasteiger partial charge in [-0.1, -0.05) is 37.3 Å². The molecule has 0 bridgehead atoms. The number of nitrogens with one attached hydrogen (secondary N) is 1. The van der Waals surface area contributed by atoms with E-state index < -0.39 is 16.2 Å². The van der Waals surface area contributed by atoms with Gasteiger partial charge in [0.1, 0.15) is 6.17 Å². The molecule has 0 radical (unpaired) electrons. The van der Waals surface area contributed by atoms with Gasteiger partial charge >= 0.3 is 0 Å². The average Bonchev–Trinajstić information content (AvgIpc) is 3.27. The van der Waals surface area contributed by atoms with E-state index in [0.29, 0.717) is 17.9 Å². The van der Waals surface area contributed by atoms with E-state index in [1.807, 2.05) is 43.3 Å². The number of aliphatic imine (C=N–C) groups is 1. The molecular formula is C22H25N7O2S. The summed E-state index contributed by atoms with van der Waals surface area (Å²) in [4.78, 5) is 6.43. The van der Waals surface area contributed by atoms with Crippen LogP contribution in [0.5, 0.6) is 0 Å². The third-order valence-corrected chi connectivity index (χ3v) is 7.96. The van der Waals surface area contributed by atoms with Gasteiger partial charge in [0.2, 0.25) is 0 Å². The van der Waals surface area contributed by atoms with Gasteiger partial charge in [-0.05, 0) is 42.2 Å². The molecular weight excluding hydrogens is 426 g/mol. The van der Waals surface area contributed by atoms with E-state index in [1.54, 1.807) is 23.2 Å². The van der Waals surface area contributed by atoms with Gasteiger partial charge in [0.25, 0.3) is 10.0 Å². The first-order valence-electron chi connectivity index (χ1n) is 10.5. The monoisotopic (exact) mass is 451 g/mol. The molecule has 3 aromatic rings. The standard InChI is InChI=1S/C22H25N7O2S/c1-2-14-7-9-17(10-8-14)32(30,31)28-13-16(11-15-5-3-4-6-19(15)28)29-20(23)18-12-25-27-21(18)26-22(29)24/h3-10,12,16,20H,2,11,13,23H2,1H3,(H3,24,25,26,27). The molecule has 166 valence electrons. The number of benzene rings is 2. The van der Waals surface area contributed by atoms with Crippen molar-refractivity contribution in [3.8, 4) is 0 Å². The average molecular weight is 452 g/mol. The zero-order valence-corrected chi connectivity index (χ0v) is 18.5. The van der Waals surface area contributed by atoms with Gasteiger partial charge in [0.15, 0.2) is 11.8 Å². The Morgan fingerprint density at radius 2 is 1.91 bits per heavy atom. The summed E-state index contributed by atoms with van der Waals surface area (Å²) in [6.07, 6.45) is 2.48. The van der Waals surface area contributed by atoms with Gasteiger partial charge in [0.05, 0.1) is 34.9 Å². The van der Waals surface area contributed by atoms with Crippen LogP contribution in [0.4, 0.5) is 11.5 Å². The number of aromatic amines is 1. The smallest absolute Gasteiger partial charge is 0.264 e. The lowest BCUT2D eigenvalue weighted by molar-refractivity contribution is 0.233. The highest BCUT2D eigenvalue weighted by Crippen LogP contribution is 2.37. The molecule has 0 spiro atoms. The number of sulfonamides is 1. The molecule has 0 amide bonds. The number of aromatic nitrogens is 2. The summed E-state index contributed by atoms with van der Waals surface area (Å²) in [5, 5.41) is 6.80. The van der Waals surface area contributed by atoms with E-state index in [9.17, 15) is 8.42 Å². The number of rotatable bonds is 4. The summed E-state index contributed by atoms with van der Waals surface area (Å²) in [5.74, 6) is 0.770. The fourth-order valence-corrected chi connectivity index (χ4v) is 5.99. The SMILES string of the molecule is CCc1ccc(S(=O)(=O)N2CC(N3C(N)=Nc4[nH]ncc4C3N)Cc3ccccc32)cc1. The molecule has 2 aliphatic heterocycles. The second-order valence-corrected chi connectivity index (χ2v) is 9.88. The number of hydrogen-bond donors (Lipinski definition) is 3. The summed E-state index contributed by atoms with van der Waals surface area (Å²) in [6, 6.07) is 14.3. The van der Waals surface area contributed by atoms with Crippen LogP contribution in [0.3, 0.4) is 0 Å². The van der Waals surface area contributed by atoms with Crippen molar-refractivity contribution in [2.45, 2.75) is 36.9 Å². The molecule has 0 saturated carbocycles. The Morgan fingerprint density at radius 3 is 2.66 bits per heavy atom. The third kappa shape index (κ3) is 3.23. The lowest BCUT2D eigenvalue weighted by Gasteiger charge is -2.44. The highest BCUT2D eigenvalue weighted by atomic mass is 32.2. The van der Waals surface area contributed by atoms with Gasteiger partial charge in [-0.25, -0.2) is 8.42 Å². The van der Waals surface area contributed by atoms with Gasteiger partial charge in [0, 0.05) is 0 Å². The molecule has 0 fully saturated rings. The van der Waals surface area contributed by atoms with Gasteiger partial charge in [-0.15, -0.1) is 0 Å². The molecule has 1 aromatic heterocycles. The highest BCUT2D eigenvalue weighted by Gasteiger charge is 2.40. The molecule has 3 heterocycles. The molecule has 0 aliphatic carbocycles. The minimum Gasteiger partial charge on any atom is -0.369 e. The van der Waals surface area contributed by atoms with Crippen LogP contribution in [-0.2, 0) is 22.9 Å². The maximum absolute atomic E-state index is 13.7. The number of nitrogens with zero attached hydrogens (tertiary/aromatic N) is 4. The molecule has 2 aromatic carbocycles. The van der Waals surface area contributed by atoms with Gasteiger partial charge in [-0.3, -0.25) is 9.40 Å². The molecule has 2 unspecified atom stereocenters. The van der Waals surface area contributed by atoms with E-state index in [4.69, 9.17) is 11.5 Å². The number of anilines is 1. The van der Waals surface area contributed by atoms with Crippen LogP contribution in [0, 0.1) is 0 Å². The minimum atomic E-state index is -3.79. The lowest BCUT2D eigenvalue weighted by atomic mass is 9.97. The second kappa shape index (κ2) is 7.64. The fraction of sp³-hybridized carbons (Fsp3) is 0.273. The van der Waals surface area contributed by atoms with Crippen molar-refractivity contribution in [2.24, 2.45) is 16.5 Å². The largest absolute Gasteiger partial charge is 0.369 e. The number of hydrogen-bond acceptors (Lipinski definition) is 7. The van der Waals surface area contributed by atoms with Gasteiger partial charge in [-0.2, -0.15) is 10.1 Å². The highest BCUT2D eigenvalue weighted by molar-refractivity contribution is 7.92. The van der Waals surface area contributed by atoms with Crippen LogP contribution in [0.2, 0.25) is 0 Å². The lowest BCUT2D eigenvalue weighted by Crippen LogP contribution is -2.57. The first kappa shape index (κ1) is 20.5. The summed E-state index contributed by atoms with van der Waals surface area (Å²) in [7, 11) is -3.79. The predicted molar refractivity (Wildman–Crippen MR) is 123 cm³/mol. The Hall–Kier alpha value is -3.37. The van der Waals surface area contributed by atoms with Crippen molar-refractivity contribution < 1.29 is 8.42 Å². The van der Waals surface area contributed by atoms with Crippen LogP contribution in [0.15, 0.2) is 64.6 Å². The predicted octanol–water partition coefficient (Wildman–Crippen LogP) is 2.01. The Balaban J connectivity index is 1.55. The first-order valence-corrected chi connectivity index (χ1v) is 11.9. The number of H-pyrrole nitrogens is 1. The minimum absolute atomic E-state index is 0.200. The zero-order valence-electron chi connectivity index (χ0n) is 17.6.